The van der Waals surface area contributed by atoms with E-state index in [1.807, 2.05) is 0 Å². The van der Waals surface area contributed by atoms with Gasteiger partial charge in [-0.05, 0) is 17.7 Å². The number of carbonyl (C=O) groups is 2. The van der Waals surface area contributed by atoms with Gasteiger partial charge < -0.3 is 10.4 Å². The maximum absolute atomic E-state index is 12.3. The van der Waals surface area contributed by atoms with Gasteiger partial charge in [-0.2, -0.15) is 15.4 Å². The molecule has 0 fully saturated rings. The lowest BCUT2D eigenvalue weighted by atomic mass is 10.1. The first-order valence-corrected chi connectivity index (χ1v) is 7.20. The van der Waals surface area contributed by atoms with Crippen LogP contribution in [0.2, 0.25) is 0 Å². The predicted octanol–water partition coefficient (Wildman–Crippen LogP) is 2.03. The van der Waals surface area contributed by atoms with E-state index in [4.69, 9.17) is 0 Å². The third-order valence-electron chi connectivity index (χ3n) is 3.51. The molecule has 0 aliphatic rings. The molecule has 7 heteroatoms. The number of H-pyrrole nitrogens is 1. The van der Waals surface area contributed by atoms with E-state index in [1.54, 1.807) is 60.8 Å². The van der Waals surface area contributed by atoms with Crippen molar-refractivity contribution >= 4 is 11.9 Å². The molecule has 1 aromatic heterocycles. The summed E-state index contributed by atoms with van der Waals surface area (Å²) in [6.45, 7) is 0. The molecule has 0 unspecified atom stereocenters. The zero-order valence-corrected chi connectivity index (χ0v) is 12.5. The van der Waals surface area contributed by atoms with E-state index in [0.717, 1.165) is 5.56 Å². The van der Waals surface area contributed by atoms with Crippen LogP contribution in [0.3, 0.4) is 0 Å². The van der Waals surface area contributed by atoms with Crippen LogP contribution in [-0.2, 0) is 4.79 Å². The molecule has 0 aliphatic carbocycles. The van der Waals surface area contributed by atoms with E-state index >= 15 is 0 Å². The number of carbonyl (C=O) groups excluding carboxylic acids is 1. The Balaban J connectivity index is 1.77. The second kappa shape index (κ2) is 6.74. The Morgan fingerprint density at radius 1 is 1.04 bits per heavy atom. The molecule has 3 rings (SSSR count). The number of hydrogen-bond donors (Lipinski definition) is 3. The number of amides is 1. The van der Waals surface area contributed by atoms with Crippen LogP contribution in [-0.4, -0.2) is 32.4 Å². The topological polar surface area (TPSA) is 108 Å². The predicted molar refractivity (Wildman–Crippen MR) is 86.1 cm³/mol. The zero-order chi connectivity index (χ0) is 16.9. The molecule has 2 aromatic carbocycles. The van der Waals surface area contributed by atoms with Crippen molar-refractivity contribution in [3.8, 4) is 11.3 Å². The fourth-order valence-electron chi connectivity index (χ4n) is 2.28. The smallest absolute Gasteiger partial charge is 0.330 e. The zero-order valence-electron chi connectivity index (χ0n) is 12.5. The molecule has 1 atom stereocenters. The summed E-state index contributed by atoms with van der Waals surface area (Å²) < 4.78 is 0. The van der Waals surface area contributed by atoms with Crippen LogP contribution >= 0.6 is 0 Å². The first-order valence-electron chi connectivity index (χ1n) is 7.20. The normalized spacial score (nSPS) is 11.7. The van der Waals surface area contributed by atoms with E-state index in [1.165, 1.54) is 0 Å². The first-order chi connectivity index (χ1) is 11.6. The summed E-state index contributed by atoms with van der Waals surface area (Å²) >= 11 is 0. The van der Waals surface area contributed by atoms with Gasteiger partial charge in [0.15, 0.2) is 6.04 Å². The molecule has 24 heavy (non-hydrogen) atoms. The lowest BCUT2D eigenvalue weighted by Crippen LogP contribution is -2.33. The fraction of sp³-hybridized carbons (Fsp3) is 0.0588. The van der Waals surface area contributed by atoms with Crippen molar-refractivity contribution in [1.29, 1.82) is 0 Å². The van der Waals surface area contributed by atoms with Crippen LogP contribution in [0.15, 0.2) is 60.8 Å². The molecule has 0 saturated carbocycles. The standard InChI is InChI=1S/C17H14N4O3/c22-16(19-15(17(23)24)12-4-2-1-3-5-12)13-8-6-11(7-9-13)14-10-18-21-20-14/h1-10,15H,(H,19,22)(H,23,24)(H,18,20,21)/t15-/m1/s1. The Morgan fingerprint density at radius 2 is 1.75 bits per heavy atom. The quantitative estimate of drug-likeness (QED) is 0.666. The minimum Gasteiger partial charge on any atom is -0.479 e. The number of benzene rings is 2. The van der Waals surface area contributed by atoms with Crippen LogP contribution in [0.4, 0.5) is 0 Å². The van der Waals surface area contributed by atoms with Gasteiger partial charge >= 0.3 is 5.97 Å². The molecule has 0 saturated heterocycles. The van der Waals surface area contributed by atoms with Gasteiger partial charge in [0, 0.05) is 11.1 Å². The van der Waals surface area contributed by atoms with Gasteiger partial charge in [0.2, 0.25) is 0 Å². The summed E-state index contributed by atoms with van der Waals surface area (Å²) in [6.07, 6.45) is 1.57. The van der Waals surface area contributed by atoms with Crippen molar-refractivity contribution in [2.45, 2.75) is 6.04 Å². The van der Waals surface area contributed by atoms with Gasteiger partial charge in [-0.15, -0.1) is 0 Å². The summed E-state index contributed by atoms with van der Waals surface area (Å²) in [5.41, 5.74) is 2.34. The van der Waals surface area contributed by atoms with Crippen molar-refractivity contribution in [3.63, 3.8) is 0 Å². The van der Waals surface area contributed by atoms with Gasteiger partial charge in [-0.3, -0.25) is 4.79 Å². The average molecular weight is 322 g/mol. The number of aromatic nitrogens is 3. The highest BCUT2D eigenvalue weighted by Gasteiger charge is 2.22. The highest BCUT2D eigenvalue weighted by molar-refractivity contribution is 5.97. The molecule has 0 bridgehead atoms. The summed E-state index contributed by atoms with van der Waals surface area (Å²) in [5, 5.41) is 22.1. The molecule has 1 heterocycles. The SMILES string of the molecule is O=C(N[C@@H](C(=O)O)c1ccccc1)c1ccc(-c2cn[nH]n2)cc1. The Bertz CT molecular complexity index is 830. The second-order valence-electron chi connectivity index (χ2n) is 5.09. The van der Waals surface area contributed by atoms with Crippen LogP contribution in [0.1, 0.15) is 22.0 Å². The number of carboxylic acid groups (broad SMARTS) is 1. The van der Waals surface area contributed by atoms with E-state index in [0.29, 0.717) is 16.8 Å². The molecular formula is C17H14N4O3. The van der Waals surface area contributed by atoms with Crippen molar-refractivity contribution < 1.29 is 14.7 Å². The van der Waals surface area contributed by atoms with E-state index in [2.05, 4.69) is 20.7 Å². The summed E-state index contributed by atoms with van der Waals surface area (Å²) in [6, 6.07) is 14.1. The van der Waals surface area contributed by atoms with Gasteiger partial charge in [0.25, 0.3) is 5.91 Å². The van der Waals surface area contributed by atoms with Crippen molar-refractivity contribution in [3.05, 3.63) is 71.9 Å². The summed E-state index contributed by atoms with van der Waals surface area (Å²) in [5.74, 6) is -1.58. The monoisotopic (exact) mass is 322 g/mol. The lowest BCUT2D eigenvalue weighted by molar-refractivity contribution is -0.139. The molecule has 0 aliphatic heterocycles. The summed E-state index contributed by atoms with van der Waals surface area (Å²) in [4.78, 5) is 23.8. The molecule has 3 N–H and O–H groups in total. The maximum Gasteiger partial charge on any atom is 0.330 e. The van der Waals surface area contributed by atoms with Crippen molar-refractivity contribution in [1.82, 2.24) is 20.7 Å². The number of carboxylic acids is 1. The van der Waals surface area contributed by atoms with Crippen molar-refractivity contribution in [2.24, 2.45) is 0 Å². The number of rotatable bonds is 5. The maximum atomic E-state index is 12.3. The van der Waals surface area contributed by atoms with Crippen molar-refractivity contribution in [2.75, 3.05) is 0 Å². The summed E-state index contributed by atoms with van der Waals surface area (Å²) in [7, 11) is 0. The van der Waals surface area contributed by atoms with Crippen LogP contribution in [0.5, 0.6) is 0 Å². The molecule has 1 amide bonds. The number of nitrogens with zero attached hydrogens (tertiary/aromatic N) is 2. The minimum atomic E-state index is -1.12. The lowest BCUT2D eigenvalue weighted by Gasteiger charge is -2.15. The highest BCUT2D eigenvalue weighted by Crippen LogP contribution is 2.17. The highest BCUT2D eigenvalue weighted by atomic mass is 16.4. The third kappa shape index (κ3) is 3.30. The first kappa shape index (κ1) is 15.4. The van der Waals surface area contributed by atoms with Gasteiger partial charge in [-0.1, -0.05) is 42.5 Å². The van der Waals surface area contributed by atoms with E-state index in [-0.39, 0.29) is 0 Å². The van der Waals surface area contributed by atoms with Crippen LogP contribution < -0.4 is 5.32 Å². The molecule has 120 valence electrons. The molecular weight excluding hydrogens is 308 g/mol. The number of aliphatic carboxylic acids is 1. The van der Waals surface area contributed by atoms with Crippen LogP contribution in [0.25, 0.3) is 11.3 Å². The van der Waals surface area contributed by atoms with E-state index < -0.39 is 17.9 Å². The Labute approximate surface area is 137 Å². The number of hydrogen-bond acceptors (Lipinski definition) is 4. The second-order valence-corrected chi connectivity index (χ2v) is 5.09. The number of nitrogens with one attached hydrogen (secondary N) is 2. The van der Waals surface area contributed by atoms with Gasteiger partial charge in [-0.25, -0.2) is 4.79 Å². The van der Waals surface area contributed by atoms with E-state index in [9.17, 15) is 14.7 Å². The molecule has 7 nitrogen and oxygen atoms in total. The Hall–Kier alpha value is -3.48. The molecule has 0 radical (unpaired) electrons. The fourth-order valence-corrected chi connectivity index (χ4v) is 2.28. The Kier molecular flexibility index (Phi) is 4.33. The van der Waals surface area contributed by atoms with Gasteiger partial charge in [0.05, 0.1) is 6.20 Å². The van der Waals surface area contributed by atoms with Crippen LogP contribution in [0, 0.1) is 0 Å². The number of aromatic amines is 1. The van der Waals surface area contributed by atoms with Gasteiger partial charge in [0.1, 0.15) is 5.69 Å². The largest absolute Gasteiger partial charge is 0.479 e. The third-order valence-corrected chi connectivity index (χ3v) is 3.51. The molecule has 0 spiro atoms. The minimum absolute atomic E-state index is 0.365. The Morgan fingerprint density at radius 3 is 2.33 bits per heavy atom. The molecule has 3 aromatic rings. The average Bonchev–Trinajstić information content (AvgIpc) is 3.15.